The highest BCUT2D eigenvalue weighted by molar-refractivity contribution is 6.60. The Balaban J connectivity index is 1.98. The molecule has 2 aromatic heterocycles. The van der Waals surface area contributed by atoms with Crippen molar-refractivity contribution in [3.05, 3.63) is 17.3 Å². The van der Waals surface area contributed by atoms with E-state index in [-0.39, 0.29) is 0 Å². The molecule has 0 bridgehead atoms. The van der Waals surface area contributed by atoms with Gasteiger partial charge in [0.05, 0.1) is 28.9 Å². The Kier molecular flexibility index (Phi) is 4.96. The summed E-state index contributed by atoms with van der Waals surface area (Å²) in [4.78, 5) is 16.0. The number of anilines is 2. The average molecular weight is 330 g/mol. The number of nitrogens with zero attached hydrogens (tertiary/aromatic N) is 4. The van der Waals surface area contributed by atoms with Crippen LogP contribution < -0.4 is 10.6 Å². The van der Waals surface area contributed by atoms with E-state index >= 15 is 0 Å². The first-order valence-corrected chi connectivity index (χ1v) is 8.47. The van der Waals surface area contributed by atoms with Gasteiger partial charge in [0, 0.05) is 11.7 Å². The van der Waals surface area contributed by atoms with Crippen molar-refractivity contribution in [1.29, 1.82) is 0 Å². The van der Waals surface area contributed by atoms with Gasteiger partial charge in [0.1, 0.15) is 5.82 Å². The van der Waals surface area contributed by atoms with Gasteiger partial charge in [-0.15, -0.1) is 0 Å². The molecule has 9 heteroatoms. The highest BCUT2D eigenvalue weighted by Crippen LogP contribution is 2.26. The second-order valence-corrected chi connectivity index (χ2v) is 6.95. The number of nitrogens with one attached hydrogen (secondary N) is 2. The molecule has 0 atom stereocenters. The number of aromatic nitrogens is 3. The summed E-state index contributed by atoms with van der Waals surface area (Å²) in [6.07, 6.45) is 2.07. The van der Waals surface area contributed by atoms with Gasteiger partial charge in [-0.25, -0.2) is 4.98 Å². The Bertz CT molecular complexity index is 769. The van der Waals surface area contributed by atoms with E-state index in [4.69, 9.17) is 23.5 Å². The molecule has 0 spiro atoms. The van der Waals surface area contributed by atoms with E-state index in [1.807, 2.05) is 19.9 Å². The predicted octanol–water partition coefficient (Wildman–Crippen LogP) is 0.676. The zero-order valence-electron chi connectivity index (χ0n) is 15.0. The quantitative estimate of drug-likeness (QED) is 0.804. The third kappa shape index (κ3) is 4.45. The van der Waals surface area contributed by atoms with Crippen LogP contribution >= 0.6 is 0 Å². The molecule has 1 aliphatic heterocycles. The van der Waals surface area contributed by atoms with E-state index in [2.05, 4.69) is 37.5 Å². The number of fused-ring (bicyclic) bond motifs is 1. The van der Waals surface area contributed by atoms with Gasteiger partial charge in [0.25, 0.3) is 0 Å². The van der Waals surface area contributed by atoms with E-state index < -0.39 is 5.24 Å². The molecule has 0 saturated carbocycles. The lowest BCUT2D eigenvalue weighted by Crippen LogP contribution is -2.40. The zero-order valence-corrected chi connectivity index (χ0v) is 15.0. The summed E-state index contributed by atoms with van der Waals surface area (Å²) < 4.78 is 0. The van der Waals surface area contributed by atoms with Crippen LogP contribution in [0.3, 0.4) is 0 Å². The first-order valence-electron chi connectivity index (χ1n) is 8.47. The largest absolute Gasteiger partial charge is 0.389 e. The van der Waals surface area contributed by atoms with Gasteiger partial charge in [0.15, 0.2) is 5.65 Å². The van der Waals surface area contributed by atoms with Crippen LogP contribution in [0.25, 0.3) is 11.0 Å². The molecule has 0 aliphatic carbocycles. The standard InChI is InChI=1S/C16H21B3N6/c1-9-8-10(2)20-13-12(9)14(24-16(17,18)19)23-15(22-13)21-11-4-6-25(3)7-5-11/h8,11H,4-7H2,1-3H3,(H2,20,21,22,23,24). The summed E-state index contributed by atoms with van der Waals surface area (Å²) in [6, 6.07) is 2.29. The normalized spacial score (nSPS) is 16.9. The maximum atomic E-state index is 5.73. The van der Waals surface area contributed by atoms with E-state index in [0.29, 0.717) is 23.5 Å². The van der Waals surface area contributed by atoms with Gasteiger partial charge in [-0.05, 0) is 58.5 Å². The van der Waals surface area contributed by atoms with E-state index in [0.717, 1.165) is 42.6 Å². The summed E-state index contributed by atoms with van der Waals surface area (Å²) in [5, 5.41) is 5.46. The Morgan fingerprint density at radius 3 is 2.44 bits per heavy atom. The third-order valence-electron chi connectivity index (χ3n) is 4.38. The minimum atomic E-state index is -1.58. The molecular weight excluding hydrogens is 309 g/mol. The number of likely N-dealkylation sites (tertiary alicyclic amines) is 1. The van der Waals surface area contributed by atoms with Crippen molar-refractivity contribution in [1.82, 2.24) is 19.9 Å². The van der Waals surface area contributed by atoms with Crippen molar-refractivity contribution in [2.24, 2.45) is 0 Å². The number of piperidine rings is 1. The Morgan fingerprint density at radius 2 is 1.80 bits per heavy atom. The van der Waals surface area contributed by atoms with Crippen LogP contribution in [-0.2, 0) is 0 Å². The molecule has 0 unspecified atom stereocenters. The van der Waals surface area contributed by atoms with Crippen LogP contribution in [0.4, 0.5) is 11.8 Å². The first kappa shape index (κ1) is 18.0. The van der Waals surface area contributed by atoms with E-state index in [1.165, 1.54) is 0 Å². The molecule has 6 nitrogen and oxygen atoms in total. The van der Waals surface area contributed by atoms with E-state index in [9.17, 15) is 0 Å². The molecule has 2 N–H and O–H groups in total. The Morgan fingerprint density at radius 1 is 1.12 bits per heavy atom. The molecular formula is C16H21B3N6. The van der Waals surface area contributed by atoms with Gasteiger partial charge in [-0.1, -0.05) is 5.24 Å². The molecule has 6 radical (unpaired) electrons. The van der Waals surface area contributed by atoms with Crippen LogP contribution in [0.2, 0.25) is 0 Å². The van der Waals surface area contributed by atoms with Crippen molar-refractivity contribution >= 4 is 46.3 Å². The molecule has 3 rings (SSSR count). The number of pyridine rings is 1. The monoisotopic (exact) mass is 330 g/mol. The number of rotatable bonds is 4. The predicted molar refractivity (Wildman–Crippen MR) is 105 cm³/mol. The van der Waals surface area contributed by atoms with Gasteiger partial charge >= 0.3 is 0 Å². The molecule has 1 fully saturated rings. The van der Waals surface area contributed by atoms with Crippen LogP contribution in [-0.4, -0.2) is 74.8 Å². The fourth-order valence-corrected chi connectivity index (χ4v) is 3.17. The van der Waals surface area contributed by atoms with Crippen molar-refractivity contribution < 1.29 is 0 Å². The summed E-state index contributed by atoms with van der Waals surface area (Å²) >= 11 is 0. The van der Waals surface area contributed by atoms with Crippen LogP contribution in [0.15, 0.2) is 6.07 Å². The minimum Gasteiger partial charge on any atom is -0.389 e. The average Bonchev–Trinajstić information content (AvgIpc) is 2.47. The molecule has 25 heavy (non-hydrogen) atoms. The SMILES string of the molecule is [B]C([B])([B])Nc1nc(NC2CCN(C)CC2)nc2nc(C)cc(C)c12. The molecule has 3 heterocycles. The summed E-state index contributed by atoms with van der Waals surface area (Å²) in [6.45, 7) is 6.00. The van der Waals surface area contributed by atoms with Crippen molar-refractivity contribution in [3.63, 3.8) is 0 Å². The second kappa shape index (κ2) is 6.86. The Hall–Kier alpha value is -1.76. The van der Waals surface area contributed by atoms with Crippen LogP contribution in [0.1, 0.15) is 24.1 Å². The fourth-order valence-electron chi connectivity index (χ4n) is 3.17. The maximum absolute atomic E-state index is 5.73. The first-order chi connectivity index (χ1) is 11.7. The van der Waals surface area contributed by atoms with Gasteiger partial charge in [-0.2, -0.15) is 9.97 Å². The summed E-state index contributed by atoms with van der Waals surface area (Å²) in [7, 11) is 19.3. The summed E-state index contributed by atoms with van der Waals surface area (Å²) in [5.41, 5.74) is 2.47. The minimum absolute atomic E-state index is 0.325. The number of hydrogen-bond acceptors (Lipinski definition) is 6. The third-order valence-corrected chi connectivity index (χ3v) is 4.38. The van der Waals surface area contributed by atoms with Crippen molar-refractivity contribution in [2.75, 3.05) is 30.8 Å². The van der Waals surface area contributed by atoms with Gasteiger partial charge in [-0.3, -0.25) is 0 Å². The summed E-state index contributed by atoms with van der Waals surface area (Å²) in [5.74, 6) is 0.990. The van der Waals surface area contributed by atoms with Gasteiger partial charge < -0.3 is 15.5 Å². The van der Waals surface area contributed by atoms with Crippen LogP contribution in [0.5, 0.6) is 0 Å². The molecule has 2 aromatic rings. The molecule has 1 aliphatic rings. The van der Waals surface area contributed by atoms with E-state index in [1.54, 1.807) is 0 Å². The number of aryl methyl sites for hydroxylation is 2. The van der Waals surface area contributed by atoms with Crippen LogP contribution in [0, 0.1) is 13.8 Å². The smallest absolute Gasteiger partial charge is 0.226 e. The molecule has 1 saturated heterocycles. The maximum Gasteiger partial charge on any atom is 0.226 e. The lowest BCUT2D eigenvalue weighted by Gasteiger charge is -2.30. The lowest BCUT2D eigenvalue weighted by atomic mass is 9.49. The fraction of sp³-hybridized carbons (Fsp3) is 0.562. The highest BCUT2D eigenvalue weighted by atomic mass is 15.2. The second-order valence-electron chi connectivity index (χ2n) is 6.95. The molecule has 124 valence electrons. The molecule has 0 amide bonds. The Labute approximate surface area is 152 Å². The van der Waals surface area contributed by atoms with Gasteiger partial charge in [0.2, 0.25) is 5.95 Å². The van der Waals surface area contributed by atoms with Crippen molar-refractivity contribution in [3.8, 4) is 0 Å². The highest BCUT2D eigenvalue weighted by Gasteiger charge is 2.20. The zero-order chi connectivity index (χ0) is 18.2. The molecule has 0 aromatic carbocycles. The van der Waals surface area contributed by atoms with Crippen molar-refractivity contribution in [2.45, 2.75) is 38.0 Å². The number of hydrogen-bond donors (Lipinski definition) is 2. The topological polar surface area (TPSA) is 66.0 Å². The lowest BCUT2D eigenvalue weighted by molar-refractivity contribution is 0.263.